The topological polar surface area (TPSA) is 47.3 Å². The standard InChI is InChI=1S/C8H3BrF3N3O/c9-4-1-2-5-13-6(8(10,11)12)14-7(16)15(5)3-4/h1-3H. The minimum Gasteiger partial charge on any atom is -0.250 e. The molecule has 2 aromatic rings. The zero-order valence-corrected chi connectivity index (χ0v) is 9.08. The molecule has 0 aromatic carbocycles. The van der Waals surface area contributed by atoms with E-state index >= 15 is 0 Å². The van der Waals surface area contributed by atoms with Crippen LogP contribution < -0.4 is 5.69 Å². The first-order valence-electron chi connectivity index (χ1n) is 4.01. The van der Waals surface area contributed by atoms with Crippen molar-refractivity contribution in [3.8, 4) is 0 Å². The fourth-order valence-corrected chi connectivity index (χ4v) is 1.45. The first kappa shape index (κ1) is 11.1. The number of nitrogens with zero attached hydrogens (tertiary/aromatic N) is 3. The SMILES string of the molecule is O=c1nc(C(F)(F)F)nc2ccc(Br)cn12. The molecule has 84 valence electrons. The number of hydrogen-bond donors (Lipinski definition) is 0. The predicted octanol–water partition coefficient (Wildman–Crippen LogP) is 1.87. The van der Waals surface area contributed by atoms with Crippen molar-refractivity contribution in [3.05, 3.63) is 39.1 Å². The number of aromatic nitrogens is 3. The van der Waals surface area contributed by atoms with Crippen molar-refractivity contribution in [2.75, 3.05) is 0 Å². The first-order valence-corrected chi connectivity index (χ1v) is 4.80. The third kappa shape index (κ3) is 1.92. The summed E-state index contributed by atoms with van der Waals surface area (Å²) in [5, 5.41) is 0. The molecule has 4 nitrogen and oxygen atoms in total. The van der Waals surface area contributed by atoms with Gasteiger partial charge in [-0.25, -0.2) is 9.78 Å². The van der Waals surface area contributed by atoms with Crippen molar-refractivity contribution in [3.63, 3.8) is 0 Å². The highest BCUT2D eigenvalue weighted by Crippen LogP contribution is 2.25. The largest absolute Gasteiger partial charge is 0.451 e. The van der Waals surface area contributed by atoms with Crippen molar-refractivity contribution in [1.29, 1.82) is 0 Å². The monoisotopic (exact) mass is 293 g/mol. The fraction of sp³-hybridized carbons (Fsp3) is 0.125. The molecule has 8 heteroatoms. The highest BCUT2D eigenvalue weighted by Gasteiger charge is 2.35. The molecule has 0 fully saturated rings. The average molecular weight is 294 g/mol. The van der Waals surface area contributed by atoms with Gasteiger partial charge in [0, 0.05) is 10.7 Å². The van der Waals surface area contributed by atoms with Gasteiger partial charge >= 0.3 is 11.9 Å². The second kappa shape index (κ2) is 3.55. The van der Waals surface area contributed by atoms with Gasteiger partial charge in [0.1, 0.15) is 5.65 Å². The summed E-state index contributed by atoms with van der Waals surface area (Å²) in [5.41, 5.74) is -1.12. The zero-order chi connectivity index (χ0) is 11.9. The second-order valence-corrected chi connectivity index (χ2v) is 3.82. The van der Waals surface area contributed by atoms with Gasteiger partial charge in [-0.05, 0) is 28.1 Å². The number of halogens is 4. The van der Waals surface area contributed by atoms with Gasteiger partial charge in [0.05, 0.1) is 0 Å². The maximum absolute atomic E-state index is 12.3. The molecule has 16 heavy (non-hydrogen) atoms. The van der Waals surface area contributed by atoms with E-state index in [-0.39, 0.29) is 5.65 Å². The van der Waals surface area contributed by atoms with Crippen LogP contribution in [0.3, 0.4) is 0 Å². The maximum Gasteiger partial charge on any atom is 0.451 e. The highest BCUT2D eigenvalue weighted by molar-refractivity contribution is 9.10. The average Bonchev–Trinajstić information content (AvgIpc) is 2.17. The fourth-order valence-electron chi connectivity index (χ4n) is 1.12. The van der Waals surface area contributed by atoms with Gasteiger partial charge < -0.3 is 0 Å². The quantitative estimate of drug-likeness (QED) is 0.745. The van der Waals surface area contributed by atoms with Gasteiger partial charge in [0.25, 0.3) is 0 Å². The van der Waals surface area contributed by atoms with E-state index in [4.69, 9.17) is 0 Å². The van der Waals surface area contributed by atoms with Gasteiger partial charge in [0.2, 0.25) is 5.82 Å². The van der Waals surface area contributed by atoms with Crippen molar-refractivity contribution in [2.45, 2.75) is 6.18 Å². The van der Waals surface area contributed by atoms with Gasteiger partial charge in [-0.2, -0.15) is 18.2 Å². The van der Waals surface area contributed by atoms with Crippen molar-refractivity contribution < 1.29 is 13.2 Å². The Morgan fingerprint density at radius 2 is 1.94 bits per heavy atom. The summed E-state index contributed by atoms with van der Waals surface area (Å²) < 4.78 is 38.4. The van der Waals surface area contributed by atoms with Crippen molar-refractivity contribution in [2.24, 2.45) is 0 Å². The van der Waals surface area contributed by atoms with E-state index in [1.807, 2.05) is 0 Å². The van der Waals surface area contributed by atoms with E-state index in [0.29, 0.717) is 4.47 Å². The van der Waals surface area contributed by atoms with Crippen LogP contribution in [-0.2, 0) is 6.18 Å². The van der Waals surface area contributed by atoms with Crippen LogP contribution in [0.1, 0.15) is 5.82 Å². The Morgan fingerprint density at radius 1 is 1.25 bits per heavy atom. The molecule has 0 aliphatic heterocycles. The molecule has 0 aliphatic carbocycles. The summed E-state index contributed by atoms with van der Waals surface area (Å²) in [6.07, 6.45) is -3.42. The molecular formula is C8H3BrF3N3O. The van der Waals surface area contributed by atoms with E-state index in [1.165, 1.54) is 18.3 Å². The summed E-state index contributed by atoms with van der Waals surface area (Å²) >= 11 is 3.09. The molecule has 2 rings (SSSR count). The molecule has 0 N–H and O–H groups in total. The lowest BCUT2D eigenvalue weighted by molar-refractivity contribution is -0.145. The van der Waals surface area contributed by atoms with E-state index in [1.54, 1.807) is 0 Å². The molecule has 0 amide bonds. The number of rotatable bonds is 0. The Kier molecular flexibility index (Phi) is 2.45. The first-order chi connectivity index (χ1) is 7.38. The van der Waals surface area contributed by atoms with Gasteiger partial charge in [-0.15, -0.1) is 0 Å². The van der Waals surface area contributed by atoms with Crippen molar-refractivity contribution in [1.82, 2.24) is 14.4 Å². The van der Waals surface area contributed by atoms with Crippen molar-refractivity contribution >= 4 is 21.6 Å². The molecule has 0 bridgehead atoms. The van der Waals surface area contributed by atoms with Gasteiger partial charge in [-0.1, -0.05) is 0 Å². The molecule has 0 aliphatic rings. The van der Waals surface area contributed by atoms with Crippen LogP contribution in [0.5, 0.6) is 0 Å². The van der Waals surface area contributed by atoms with Crippen LogP contribution in [0, 0.1) is 0 Å². The zero-order valence-electron chi connectivity index (χ0n) is 7.49. The predicted molar refractivity (Wildman–Crippen MR) is 52.0 cm³/mol. The maximum atomic E-state index is 12.3. The molecule has 0 unspecified atom stereocenters. The molecule has 0 saturated carbocycles. The second-order valence-electron chi connectivity index (χ2n) is 2.90. The normalized spacial score (nSPS) is 12.0. The van der Waals surface area contributed by atoms with E-state index < -0.39 is 17.7 Å². The minimum atomic E-state index is -4.72. The Bertz CT molecular complexity index is 607. The Morgan fingerprint density at radius 3 is 2.56 bits per heavy atom. The third-order valence-corrected chi connectivity index (χ3v) is 2.24. The summed E-state index contributed by atoms with van der Waals surface area (Å²) in [7, 11) is 0. The van der Waals surface area contributed by atoms with Gasteiger partial charge in [0.15, 0.2) is 0 Å². The summed E-state index contributed by atoms with van der Waals surface area (Å²) in [6.45, 7) is 0. The van der Waals surface area contributed by atoms with E-state index in [9.17, 15) is 18.0 Å². The Balaban J connectivity index is 2.79. The summed E-state index contributed by atoms with van der Waals surface area (Å²) in [5.74, 6) is -1.43. The van der Waals surface area contributed by atoms with E-state index in [0.717, 1.165) is 4.40 Å². The number of hydrogen-bond acceptors (Lipinski definition) is 3. The van der Waals surface area contributed by atoms with E-state index in [2.05, 4.69) is 25.9 Å². The molecule has 0 radical (unpaired) electrons. The number of pyridine rings is 1. The summed E-state index contributed by atoms with van der Waals surface area (Å²) in [6, 6.07) is 2.78. The number of alkyl halides is 3. The lowest BCUT2D eigenvalue weighted by Gasteiger charge is -2.05. The van der Waals surface area contributed by atoms with Crippen LogP contribution in [-0.4, -0.2) is 14.4 Å². The summed E-state index contributed by atoms with van der Waals surface area (Å²) in [4.78, 5) is 17.4. The van der Waals surface area contributed by atoms with Crippen LogP contribution in [0.25, 0.3) is 5.65 Å². The molecule has 0 saturated heterocycles. The van der Waals surface area contributed by atoms with Crippen LogP contribution in [0.15, 0.2) is 27.6 Å². The van der Waals surface area contributed by atoms with Gasteiger partial charge in [-0.3, -0.25) is 4.40 Å². The Hall–Kier alpha value is -1.44. The molecule has 0 spiro atoms. The Labute approximate surface area is 94.9 Å². The van der Waals surface area contributed by atoms with Crippen LogP contribution in [0.4, 0.5) is 13.2 Å². The highest BCUT2D eigenvalue weighted by atomic mass is 79.9. The molecular weight excluding hydrogens is 291 g/mol. The molecule has 2 aromatic heterocycles. The smallest absolute Gasteiger partial charge is 0.250 e. The van der Waals surface area contributed by atoms with Crippen LogP contribution >= 0.6 is 15.9 Å². The molecule has 2 heterocycles. The third-order valence-electron chi connectivity index (χ3n) is 1.77. The minimum absolute atomic E-state index is 0.101. The lowest BCUT2D eigenvalue weighted by Crippen LogP contribution is -2.24. The molecule has 0 atom stereocenters. The van der Waals surface area contributed by atoms with Crippen LogP contribution in [0.2, 0.25) is 0 Å². The lowest BCUT2D eigenvalue weighted by atomic mass is 10.4. The number of fused-ring (bicyclic) bond motifs is 1.